The summed E-state index contributed by atoms with van der Waals surface area (Å²) in [6, 6.07) is 9.31. The molecule has 1 aromatic carbocycles. The number of hydrogen-bond donors (Lipinski definition) is 3. The first-order chi connectivity index (χ1) is 12.0. The van der Waals surface area contributed by atoms with Crippen LogP contribution in [0.1, 0.15) is 29.9 Å². The van der Waals surface area contributed by atoms with E-state index in [4.69, 9.17) is 5.11 Å². The number of aliphatic hydroxyl groups is 1. The minimum atomic E-state index is -0.539. The number of amides is 1. The van der Waals surface area contributed by atoms with Crippen LogP contribution in [0.25, 0.3) is 5.65 Å². The van der Waals surface area contributed by atoms with Crippen LogP contribution in [0.5, 0.6) is 0 Å². The van der Waals surface area contributed by atoms with Crippen LogP contribution >= 0.6 is 0 Å². The number of anilines is 2. The van der Waals surface area contributed by atoms with Crippen LogP contribution in [0.4, 0.5) is 11.4 Å². The van der Waals surface area contributed by atoms with Crippen LogP contribution in [-0.2, 0) is 4.79 Å². The number of nitrogens with zero attached hydrogens (tertiary/aromatic N) is 3. The molecule has 0 aliphatic rings. The summed E-state index contributed by atoms with van der Waals surface area (Å²) in [5.41, 5.74) is 5.33. The minimum Gasteiger partial charge on any atom is -0.387 e. The van der Waals surface area contributed by atoms with Crippen molar-refractivity contribution < 1.29 is 9.90 Å². The Hall–Kier alpha value is -2.93. The zero-order valence-corrected chi connectivity index (χ0v) is 14.4. The van der Waals surface area contributed by atoms with Crippen molar-refractivity contribution in [3.8, 4) is 0 Å². The lowest BCUT2D eigenvalue weighted by molar-refractivity contribution is -0.118. The van der Waals surface area contributed by atoms with E-state index in [1.54, 1.807) is 6.07 Å². The Balaban J connectivity index is 1.82. The Kier molecular flexibility index (Phi) is 4.67. The zero-order chi connectivity index (χ0) is 18.0. The SMILES string of the molecule is Cc1cc2ncc(C(C)Nc3cccc(NC(=O)CO)c3)c(C)n2n1. The van der Waals surface area contributed by atoms with Crippen molar-refractivity contribution in [3.63, 3.8) is 0 Å². The smallest absolute Gasteiger partial charge is 0.250 e. The summed E-state index contributed by atoms with van der Waals surface area (Å²) in [4.78, 5) is 15.8. The summed E-state index contributed by atoms with van der Waals surface area (Å²) in [5, 5.41) is 19.3. The standard InChI is InChI=1S/C18H21N5O2/c1-11-7-17-19-9-16(13(3)23(17)22-11)12(2)20-14-5-4-6-15(8-14)21-18(25)10-24/h4-9,12,20,24H,10H2,1-3H3,(H,21,25). The lowest BCUT2D eigenvalue weighted by Gasteiger charge is -2.18. The number of carbonyl (C=O) groups is 1. The lowest BCUT2D eigenvalue weighted by Crippen LogP contribution is -2.16. The van der Waals surface area contributed by atoms with E-state index in [9.17, 15) is 4.79 Å². The van der Waals surface area contributed by atoms with Gasteiger partial charge < -0.3 is 15.7 Å². The third-order valence-electron chi connectivity index (χ3n) is 4.02. The van der Waals surface area contributed by atoms with Crippen molar-refractivity contribution >= 4 is 22.9 Å². The number of aliphatic hydroxyl groups excluding tert-OH is 1. The summed E-state index contributed by atoms with van der Waals surface area (Å²) >= 11 is 0. The van der Waals surface area contributed by atoms with Gasteiger partial charge in [-0.05, 0) is 39.0 Å². The molecule has 1 amide bonds. The van der Waals surface area contributed by atoms with Gasteiger partial charge >= 0.3 is 0 Å². The van der Waals surface area contributed by atoms with Crippen LogP contribution in [-0.4, -0.2) is 32.2 Å². The van der Waals surface area contributed by atoms with E-state index in [-0.39, 0.29) is 6.04 Å². The van der Waals surface area contributed by atoms with E-state index < -0.39 is 12.5 Å². The van der Waals surface area contributed by atoms with E-state index in [1.165, 1.54) is 0 Å². The molecule has 0 aliphatic carbocycles. The summed E-state index contributed by atoms with van der Waals surface area (Å²) < 4.78 is 1.85. The van der Waals surface area contributed by atoms with E-state index in [1.807, 2.05) is 55.7 Å². The van der Waals surface area contributed by atoms with Gasteiger partial charge in [-0.15, -0.1) is 0 Å². The average molecular weight is 339 g/mol. The number of aromatic nitrogens is 3. The van der Waals surface area contributed by atoms with E-state index in [2.05, 4.69) is 20.7 Å². The molecule has 3 aromatic rings. The third kappa shape index (κ3) is 3.61. The fourth-order valence-electron chi connectivity index (χ4n) is 2.82. The molecule has 0 aliphatic heterocycles. The Labute approximate surface area is 145 Å². The second-order valence-electron chi connectivity index (χ2n) is 6.01. The molecule has 2 heterocycles. The summed E-state index contributed by atoms with van der Waals surface area (Å²) in [5.74, 6) is -0.440. The molecule has 0 fully saturated rings. The van der Waals surface area contributed by atoms with Crippen LogP contribution in [0, 0.1) is 13.8 Å². The number of carbonyl (C=O) groups excluding carboxylic acids is 1. The average Bonchev–Trinajstić information content (AvgIpc) is 2.96. The highest BCUT2D eigenvalue weighted by atomic mass is 16.3. The maximum absolute atomic E-state index is 11.3. The Bertz CT molecular complexity index is 919. The number of benzene rings is 1. The molecule has 3 N–H and O–H groups in total. The second kappa shape index (κ2) is 6.90. The largest absolute Gasteiger partial charge is 0.387 e. The van der Waals surface area contributed by atoms with Crippen molar-refractivity contribution in [1.29, 1.82) is 0 Å². The predicted octanol–water partition coefficient (Wildman–Crippen LogP) is 2.45. The number of nitrogens with one attached hydrogen (secondary N) is 2. The highest BCUT2D eigenvalue weighted by Crippen LogP contribution is 2.24. The minimum absolute atomic E-state index is 0.00481. The molecular formula is C18H21N5O2. The van der Waals surface area contributed by atoms with Crippen LogP contribution < -0.4 is 10.6 Å². The molecule has 130 valence electrons. The molecule has 7 nitrogen and oxygen atoms in total. The molecule has 1 atom stereocenters. The molecule has 2 aromatic heterocycles. The summed E-state index contributed by atoms with van der Waals surface area (Å²) in [7, 11) is 0. The maximum Gasteiger partial charge on any atom is 0.250 e. The normalized spacial score (nSPS) is 12.2. The zero-order valence-electron chi connectivity index (χ0n) is 14.4. The molecular weight excluding hydrogens is 318 g/mol. The quantitative estimate of drug-likeness (QED) is 0.664. The highest BCUT2D eigenvalue weighted by molar-refractivity contribution is 5.91. The van der Waals surface area contributed by atoms with Crippen LogP contribution in [0.3, 0.4) is 0 Å². The predicted molar refractivity (Wildman–Crippen MR) is 96.7 cm³/mol. The topological polar surface area (TPSA) is 91.5 Å². The number of hydrogen-bond acceptors (Lipinski definition) is 5. The van der Waals surface area contributed by atoms with Gasteiger partial charge in [0, 0.05) is 34.9 Å². The molecule has 1 unspecified atom stereocenters. The van der Waals surface area contributed by atoms with Crippen LogP contribution in [0.15, 0.2) is 36.5 Å². The Morgan fingerprint density at radius 2 is 2.04 bits per heavy atom. The Morgan fingerprint density at radius 3 is 2.80 bits per heavy atom. The third-order valence-corrected chi connectivity index (χ3v) is 4.02. The number of fused-ring (bicyclic) bond motifs is 1. The van der Waals surface area contributed by atoms with E-state index >= 15 is 0 Å². The van der Waals surface area contributed by atoms with Gasteiger partial charge in [-0.3, -0.25) is 4.79 Å². The molecule has 0 bridgehead atoms. The summed E-state index contributed by atoms with van der Waals surface area (Å²) in [6.45, 7) is 5.47. The van der Waals surface area contributed by atoms with Crippen molar-refractivity contribution in [3.05, 3.63) is 53.5 Å². The first-order valence-electron chi connectivity index (χ1n) is 8.07. The first kappa shape index (κ1) is 16.9. The van der Waals surface area contributed by atoms with Gasteiger partial charge in [0.2, 0.25) is 5.91 Å². The van der Waals surface area contributed by atoms with Gasteiger partial charge in [0.25, 0.3) is 0 Å². The fourth-order valence-corrected chi connectivity index (χ4v) is 2.82. The fraction of sp³-hybridized carbons (Fsp3) is 0.278. The Morgan fingerprint density at radius 1 is 1.28 bits per heavy atom. The molecule has 0 saturated heterocycles. The first-order valence-corrected chi connectivity index (χ1v) is 8.07. The van der Waals surface area contributed by atoms with Gasteiger partial charge in [0.15, 0.2) is 5.65 Å². The monoisotopic (exact) mass is 339 g/mol. The van der Waals surface area contributed by atoms with Gasteiger partial charge in [-0.1, -0.05) is 6.07 Å². The van der Waals surface area contributed by atoms with Crippen molar-refractivity contribution in [2.45, 2.75) is 26.8 Å². The van der Waals surface area contributed by atoms with E-state index in [0.717, 1.165) is 28.3 Å². The van der Waals surface area contributed by atoms with E-state index in [0.29, 0.717) is 5.69 Å². The molecule has 7 heteroatoms. The molecule has 0 saturated carbocycles. The molecule has 25 heavy (non-hydrogen) atoms. The number of rotatable bonds is 5. The van der Waals surface area contributed by atoms with Gasteiger partial charge in [-0.25, -0.2) is 9.50 Å². The van der Waals surface area contributed by atoms with Gasteiger partial charge in [0.1, 0.15) is 6.61 Å². The summed E-state index contributed by atoms with van der Waals surface area (Å²) in [6.07, 6.45) is 1.86. The second-order valence-corrected chi connectivity index (χ2v) is 6.01. The maximum atomic E-state index is 11.3. The van der Waals surface area contributed by atoms with Crippen molar-refractivity contribution in [2.24, 2.45) is 0 Å². The van der Waals surface area contributed by atoms with Crippen molar-refractivity contribution in [2.75, 3.05) is 17.2 Å². The van der Waals surface area contributed by atoms with Crippen LogP contribution in [0.2, 0.25) is 0 Å². The lowest BCUT2D eigenvalue weighted by atomic mass is 10.1. The number of aryl methyl sites for hydroxylation is 2. The molecule has 0 radical (unpaired) electrons. The van der Waals surface area contributed by atoms with Gasteiger partial charge in [-0.2, -0.15) is 5.10 Å². The van der Waals surface area contributed by atoms with Crippen molar-refractivity contribution in [1.82, 2.24) is 14.6 Å². The highest BCUT2D eigenvalue weighted by Gasteiger charge is 2.13. The molecule has 0 spiro atoms. The molecule has 3 rings (SSSR count). The van der Waals surface area contributed by atoms with Gasteiger partial charge in [0.05, 0.1) is 11.7 Å².